The lowest BCUT2D eigenvalue weighted by atomic mass is 9.82. The van der Waals surface area contributed by atoms with Crippen LogP contribution < -0.4 is 0 Å². The van der Waals surface area contributed by atoms with Gasteiger partial charge >= 0.3 is 0 Å². The van der Waals surface area contributed by atoms with Crippen LogP contribution in [0.5, 0.6) is 0 Å². The van der Waals surface area contributed by atoms with E-state index in [0.29, 0.717) is 0 Å². The fourth-order valence-corrected chi connectivity index (χ4v) is 5.11. The minimum atomic E-state index is 0.158. The summed E-state index contributed by atoms with van der Waals surface area (Å²) in [5.74, 6) is 0.721. The SMILES string of the molecule is CCC(CC)(CN(C)C)c1nc2cc(C3=NCC(C)CC3)ccc2s1. The topological polar surface area (TPSA) is 28.5 Å². The van der Waals surface area contributed by atoms with E-state index in [1.165, 1.54) is 27.4 Å². The molecule has 0 amide bonds. The van der Waals surface area contributed by atoms with E-state index in [2.05, 4.69) is 58.0 Å². The van der Waals surface area contributed by atoms with Crippen molar-refractivity contribution in [1.29, 1.82) is 0 Å². The highest BCUT2D eigenvalue weighted by molar-refractivity contribution is 7.18. The van der Waals surface area contributed by atoms with Gasteiger partial charge in [0.25, 0.3) is 0 Å². The lowest BCUT2D eigenvalue weighted by Crippen LogP contribution is -2.36. The molecule has 0 saturated heterocycles. The molecule has 0 radical (unpaired) electrons. The second-order valence-corrected chi connectivity index (χ2v) is 8.89. The van der Waals surface area contributed by atoms with Gasteiger partial charge in [-0.2, -0.15) is 0 Å². The van der Waals surface area contributed by atoms with Gasteiger partial charge in [-0.1, -0.05) is 26.8 Å². The second kappa shape index (κ2) is 7.55. The number of fused-ring (bicyclic) bond motifs is 1. The zero-order valence-corrected chi connectivity index (χ0v) is 17.1. The molecule has 1 aromatic carbocycles. The molecule has 1 aromatic heterocycles. The van der Waals surface area contributed by atoms with Crippen LogP contribution in [-0.2, 0) is 5.41 Å². The molecule has 2 aromatic rings. The molecular weight excluding hydrogens is 326 g/mol. The first kappa shape index (κ1) is 18.5. The minimum absolute atomic E-state index is 0.158. The summed E-state index contributed by atoms with van der Waals surface area (Å²) in [5.41, 5.74) is 3.83. The molecule has 1 aliphatic heterocycles. The molecule has 4 heteroatoms. The molecule has 2 heterocycles. The number of aromatic nitrogens is 1. The Morgan fingerprint density at radius 3 is 2.60 bits per heavy atom. The maximum absolute atomic E-state index is 5.09. The zero-order chi connectivity index (χ0) is 18.0. The van der Waals surface area contributed by atoms with Crippen LogP contribution >= 0.6 is 11.3 Å². The molecule has 1 unspecified atom stereocenters. The van der Waals surface area contributed by atoms with E-state index >= 15 is 0 Å². The Balaban J connectivity index is 1.97. The summed E-state index contributed by atoms with van der Waals surface area (Å²) < 4.78 is 1.30. The van der Waals surface area contributed by atoms with E-state index in [0.717, 1.165) is 43.8 Å². The Kier molecular flexibility index (Phi) is 5.59. The maximum atomic E-state index is 5.09. The summed E-state index contributed by atoms with van der Waals surface area (Å²) in [5, 5.41) is 1.29. The fourth-order valence-electron chi connectivity index (χ4n) is 3.84. The number of aliphatic imine (C=N–C) groups is 1. The summed E-state index contributed by atoms with van der Waals surface area (Å²) in [7, 11) is 4.32. The van der Waals surface area contributed by atoms with Crippen LogP contribution in [0.1, 0.15) is 57.0 Å². The van der Waals surface area contributed by atoms with Gasteiger partial charge < -0.3 is 4.90 Å². The number of likely N-dealkylation sites (N-methyl/N-ethyl adjacent to an activating group) is 1. The lowest BCUT2D eigenvalue weighted by molar-refractivity contribution is 0.264. The van der Waals surface area contributed by atoms with Crippen molar-refractivity contribution >= 4 is 27.3 Å². The van der Waals surface area contributed by atoms with E-state index in [1.54, 1.807) is 0 Å². The predicted octanol–water partition coefficient (Wildman–Crippen LogP) is 5.13. The number of thiazole rings is 1. The summed E-state index contributed by atoms with van der Waals surface area (Å²) in [6.45, 7) is 8.89. The number of benzene rings is 1. The third-order valence-corrected chi connectivity index (χ3v) is 6.90. The number of rotatable bonds is 6. The van der Waals surface area contributed by atoms with Crippen LogP contribution in [0.25, 0.3) is 10.2 Å². The largest absolute Gasteiger partial charge is 0.308 e. The fraction of sp³-hybridized carbons (Fsp3) is 0.619. The first-order valence-corrected chi connectivity index (χ1v) is 10.4. The van der Waals surface area contributed by atoms with E-state index in [9.17, 15) is 0 Å². The molecule has 0 fully saturated rings. The highest BCUT2D eigenvalue weighted by Crippen LogP contribution is 2.37. The summed E-state index contributed by atoms with van der Waals surface area (Å²) in [6.07, 6.45) is 4.59. The quantitative estimate of drug-likeness (QED) is 0.716. The van der Waals surface area contributed by atoms with E-state index in [1.807, 2.05) is 11.3 Å². The molecular formula is C21H31N3S. The van der Waals surface area contributed by atoms with Crippen molar-refractivity contribution in [2.75, 3.05) is 27.2 Å². The normalized spacial score (nSPS) is 18.8. The molecule has 1 aliphatic rings. The van der Waals surface area contributed by atoms with Gasteiger partial charge in [-0.15, -0.1) is 11.3 Å². The third-order valence-electron chi connectivity index (χ3n) is 5.61. The van der Waals surface area contributed by atoms with Crippen molar-refractivity contribution in [3.63, 3.8) is 0 Å². The number of hydrogen-bond donors (Lipinski definition) is 0. The Morgan fingerprint density at radius 2 is 2.00 bits per heavy atom. The van der Waals surface area contributed by atoms with Crippen LogP contribution in [0.4, 0.5) is 0 Å². The molecule has 3 nitrogen and oxygen atoms in total. The smallest absolute Gasteiger partial charge is 0.101 e. The maximum Gasteiger partial charge on any atom is 0.101 e. The molecule has 0 N–H and O–H groups in total. The zero-order valence-electron chi connectivity index (χ0n) is 16.3. The molecule has 0 spiro atoms. The van der Waals surface area contributed by atoms with Gasteiger partial charge in [0.1, 0.15) is 5.01 Å². The van der Waals surface area contributed by atoms with Crippen molar-refractivity contribution in [3.8, 4) is 0 Å². The van der Waals surface area contributed by atoms with E-state index in [4.69, 9.17) is 9.98 Å². The van der Waals surface area contributed by atoms with Crippen LogP contribution in [-0.4, -0.2) is 42.8 Å². The number of nitrogens with zero attached hydrogens (tertiary/aromatic N) is 3. The van der Waals surface area contributed by atoms with Gasteiger partial charge in [0.05, 0.1) is 10.2 Å². The van der Waals surface area contributed by atoms with Gasteiger partial charge in [0.2, 0.25) is 0 Å². The van der Waals surface area contributed by atoms with Crippen molar-refractivity contribution in [3.05, 3.63) is 28.8 Å². The molecule has 3 rings (SSSR count). The first-order valence-electron chi connectivity index (χ1n) is 9.57. The van der Waals surface area contributed by atoms with Gasteiger partial charge in [-0.05, 0) is 63.4 Å². The van der Waals surface area contributed by atoms with Crippen molar-refractivity contribution in [2.45, 2.75) is 51.9 Å². The molecule has 0 aliphatic carbocycles. The van der Waals surface area contributed by atoms with Crippen LogP contribution in [0.2, 0.25) is 0 Å². The Hall–Kier alpha value is -1.26. The van der Waals surface area contributed by atoms with Gasteiger partial charge in [0, 0.05) is 24.2 Å². The monoisotopic (exact) mass is 357 g/mol. The molecule has 1 atom stereocenters. The minimum Gasteiger partial charge on any atom is -0.308 e. The average Bonchev–Trinajstić information content (AvgIpc) is 3.03. The third kappa shape index (κ3) is 3.80. The second-order valence-electron chi connectivity index (χ2n) is 7.86. The van der Waals surface area contributed by atoms with Crippen molar-refractivity contribution < 1.29 is 0 Å². The molecule has 0 bridgehead atoms. The summed E-state index contributed by atoms with van der Waals surface area (Å²) in [4.78, 5) is 12.2. The van der Waals surface area contributed by atoms with Crippen LogP contribution in [0, 0.1) is 5.92 Å². The summed E-state index contributed by atoms with van der Waals surface area (Å²) in [6, 6.07) is 6.75. The van der Waals surface area contributed by atoms with Gasteiger partial charge in [0.15, 0.2) is 0 Å². The van der Waals surface area contributed by atoms with E-state index < -0.39 is 0 Å². The van der Waals surface area contributed by atoms with Crippen molar-refractivity contribution in [1.82, 2.24) is 9.88 Å². The van der Waals surface area contributed by atoms with Crippen LogP contribution in [0.15, 0.2) is 23.2 Å². The Labute approximate surface area is 156 Å². The number of hydrogen-bond acceptors (Lipinski definition) is 4. The molecule has 0 saturated carbocycles. The van der Waals surface area contributed by atoms with Gasteiger partial charge in [-0.25, -0.2) is 4.98 Å². The molecule has 25 heavy (non-hydrogen) atoms. The highest BCUT2D eigenvalue weighted by Gasteiger charge is 2.32. The highest BCUT2D eigenvalue weighted by atomic mass is 32.1. The van der Waals surface area contributed by atoms with Gasteiger partial charge in [-0.3, -0.25) is 4.99 Å². The standard InChI is InChI=1S/C21H31N3S/c1-6-21(7-2,14-24(4)5)20-23-18-12-16(9-11-19(18)25-20)17-10-8-15(3)13-22-17/h9,11-12,15H,6-8,10,13-14H2,1-5H3. The first-order chi connectivity index (χ1) is 12.0. The lowest BCUT2D eigenvalue weighted by Gasteiger charge is -2.32. The van der Waals surface area contributed by atoms with Crippen molar-refractivity contribution in [2.24, 2.45) is 10.9 Å². The summed E-state index contributed by atoms with van der Waals surface area (Å²) >= 11 is 1.87. The van der Waals surface area contributed by atoms with Crippen LogP contribution in [0.3, 0.4) is 0 Å². The molecule has 136 valence electrons. The average molecular weight is 358 g/mol. The Bertz CT molecular complexity index is 756. The van der Waals surface area contributed by atoms with E-state index in [-0.39, 0.29) is 5.41 Å². The Morgan fingerprint density at radius 1 is 1.24 bits per heavy atom. The predicted molar refractivity (Wildman–Crippen MR) is 110 cm³/mol.